The fraction of sp³-hybridized carbons (Fsp3) is 0.167. The van der Waals surface area contributed by atoms with Crippen LogP contribution < -0.4 is 5.32 Å². The van der Waals surface area contributed by atoms with Gasteiger partial charge in [-0.05, 0) is 40.5 Å². The largest absolute Gasteiger partial charge is 0.318 e. The molecule has 1 aromatic heterocycles. The number of hydrogen-bond acceptors (Lipinski definition) is 4. The first-order chi connectivity index (χ1) is 9.38. The molecule has 0 aliphatic heterocycles. The summed E-state index contributed by atoms with van der Waals surface area (Å²) in [4.78, 5) is 23.9. The van der Waals surface area contributed by atoms with Crippen LogP contribution in [0.15, 0.2) is 22.8 Å². The highest BCUT2D eigenvalue weighted by Gasteiger charge is 2.19. The molecule has 0 unspecified atom stereocenters. The number of benzene rings is 1. The Morgan fingerprint density at radius 3 is 2.60 bits per heavy atom. The third-order valence-corrected chi connectivity index (χ3v) is 2.98. The normalized spacial score (nSPS) is 10.4. The summed E-state index contributed by atoms with van der Waals surface area (Å²) in [6.45, 7) is 3.00. The molecule has 0 atom stereocenters. The zero-order valence-electron chi connectivity index (χ0n) is 10.6. The molecule has 8 heteroatoms. The Kier molecular flexibility index (Phi) is 3.93. The number of halogens is 2. The summed E-state index contributed by atoms with van der Waals surface area (Å²) in [5.74, 6) is -1.65. The third kappa shape index (κ3) is 2.90. The van der Waals surface area contributed by atoms with Gasteiger partial charge in [-0.1, -0.05) is 6.07 Å². The van der Waals surface area contributed by atoms with E-state index in [1.807, 2.05) is 0 Å². The molecule has 1 heterocycles. The van der Waals surface area contributed by atoms with E-state index in [0.29, 0.717) is 0 Å². The SMILES string of the molecule is CC(=O)n1nc(Br)c(C(=O)Nc2ccc(C)cc2F)n1. The van der Waals surface area contributed by atoms with Crippen molar-refractivity contribution in [1.82, 2.24) is 15.0 Å². The van der Waals surface area contributed by atoms with E-state index >= 15 is 0 Å². The summed E-state index contributed by atoms with van der Waals surface area (Å²) >= 11 is 3.03. The van der Waals surface area contributed by atoms with Crippen LogP contribution in [0.4, 0.5) is 10.1 Å². The Bertz CT molecular complexity index is 699. The lowest BCUT2D eigenvalue weighted by molar-refractivity contribution is 0.0902. The first-order valence-corrected chi connectivity index (χ1v) is 6.39. The third-order valence-electron chi connectivity index (χ3n) is 2.44. The summed E-state index contributed by atoms with van der Waals surface area (Å²) in [5.41, 5.74) is 0.675. The Labute approximate surface area is 122 Å². The van der Waals surface area contributed by atoms with Gasteiger partial charge in [0, 0.05) is 6.92 Å². The van der Waals surface area contributed by atoms with Crippen molar-refractivity contribution in [1.29, 1.82) is 0 Å². The van der Waals surface area contributed by atoms with Gasteiger partial charge in [-0.2, -0.15) is 0 Å². The van der Waals surface area contributed by atoms with Gasteiger partial charge in [0.05, 0.1) is 5.69 Å². The predicted molar refractivity (Wildman–Crippen MR) is 73.1 cm³/mol. The molecule has 20 heavy (non-hydrogen) atoms. The molecule has 0 spiro atoms. The monoisotopic (exact) mass is 340 g/mol. The smallest absolute Gasteiger partial charge is 0.279 e. The summed E-state index contributed by atoms with van der Waals surface area (Å²) < 4.78 is 13.7. The van der Waals surface area contributed by atoms with Crippen LogP contribution in [0.1, 0.15) is 27.8 Å². The molecule has 0 saturated carbocycles. The van der Waals surface area contributed by atoms with Gasteiger partial charge in [-0.25, -0.2) is 4.39 Å². The van der Waals surface area contributed by atoms with Gasteiger partial charge in [0.15, 0.2) is 10.3 Å². The maximum atomic E-state index is 13.6. The number of rotatable bonds is 2. The van der Waals surface area contributed by atoms with Gasteiger partial charge in [-0.15, -0.1) is 15.0 Å². The number of aryl methyl sites for hydroxylation is 1. The second kappa shape index (κ2) is 5.49. The number of aromatic nitrogens is 3. The van der Waals surface area contributed by atoms with Crippen molar-refractivity contribution in [2.24, 2.45) is 0 Å². The molecular weight excluding hydrogens is 331 g/mol. The lowest BCUT2D eigenvalue weighted by Gasteiger charge is -2.05. The fourth-order valence-electron chi connectivity index (χ4n) is 1.47. The molecule has 0 aliphatic rings. The predicted octanol–water partition coefficient (Wildman–Crippen LogP) is 2.40. The minimum absolute atomic E-state index is 0.0323. The molecule has 6 nitrogen and oxygen atoms in total. The van der Waals surface area contributed by atoms with E-state index in [9.17, 15) is 14.0 Å². The second-order valence-electron chi connectivity index (χ2n) is 4.09. The molecule has 1 aromatic carbocycles. The van der Waals surface area contributed by atoms with E-state index in [1.54, 1.807) is 13.0 Å². The molecule has 0 saturated heterocycles. The molecule has 2 rings (SSSR count). The average molecular weight is 341 g/mol. The number of nitrogens with zero attached hydrogens (tertiary/aromatic N) is 3. The number of carbonyl (C=O) groups is 2. The van der Waals surface area contributed by atoms with E-state index in [2.05, 4.69) is 31.4 Å². The molecule has 0 fully saturated rings. The van der Waals surface area contributed by atoms with Crippen LogP contribution in [0.25, 0.3) is 0 Å². The van der Waals surface area contributed by atoms with Gasteiger partial charge < -0.3 is 5.32 Å². The van der Waals surface area contributed by atoms with Crippen LogP contribution in [-0.4, -0.2) is 26.8 Å². The molecule has 1 N–H and O–H groups in total. The Balaban J connectivity index is 2.26. The van der Waals surface area contributed by atoms with Crippen molar-refractivity contribution in [3.63, 3.8) is 0 Å². The molecule has 0 radical (unpaired) electrons. The van der Waals surface area contributed by atoms with E-state index < -0.39 is 17.6 Å². The van der Waals surface area contributed by atoms with Crippen molar-refractivity contribution < 1.29 is 14.0 Å². The fourth-order valence-corrected chi connectivity index (χ4v) is 1.88. The van der Waals surface area contributed by atoms with Crippen molar-refractivity contribution in [2.75, 3.05) is 5.32 Å². The number of hydrogen-bond donors (Lipinski definition) is 1. The van der Waals surface area contributed by atoms with Crippen LogP contribution in [-0.2, 0) is 0 Å². The number of carbonyl (C=O) groups excluding carboxylic acids is 2. The highest BCUT2D eigenvalue weighted by Crippen LogP contribution is 2.18. The summed E-state index contributed by atoms with van der Waals surface area (Å²) in [5, 5.41) is 9.83. The van der Waals surface area contributed by atoms with Crippen molar-refractivity contribution in [3.8, 4) is 0 Å². The van der Waals surface area contributed by atoms with Gasteiger partial charge in [-0.3, -0.25) is 9.59 Å². The quantitative estimate of drug-likeness (QED) is 0.910. The lowest BCUT2D eigenvalue weighted by atomic mass is 10.2. The zero-order valence-corrected chi connectivity index (χ0v) is 12.2. The molecule has 2 aromatic rings. The van der Waals surface area contributed by atoms with Gasteiger partial charge in [0.2, 0.25) is 0 Å². The summed E-state index contributed by atoms with van der Waals surface area (Å²) in [7, 11) is 0. The van der Waals surface area contributed by atoms with Crippen molar-refractivity contribution in [2.45, 2.75) is 13.8 Å². The molecule has 0 aliphatic carbocycles. The number of nitrogens with one attached hydrogen (secondary N) is 1. The molecule has 1 amide bonds. The first kappa shape index (κ1) is 14.3. The lowest BCUT2D eigenvalue weighted by Crippen LogP contribution is -2.16. The van der Waals surface area contributed by atoms with Crippen LogP contribution in [0.2, 0.25) is 0 Å². The van der Waals surface area contributed by atoms with Gasteiger partial charge in [0.25, 0.3) is 11.8 Å². The first-order valence-electron chi connectivity index (χ1n) is 5.60. The Morgan fingerprint density at radius 2 is 2.05 bits per heavy atom. The van der Waals surface area contributed by atoms with E-state index in [1.165, 1.54) is 19.1 Å². The van der Waals surface area contributed by atoms with E-state index in [4.69, 9.17) is 0 Å². The minimum atomic E-state index is -0.660. The molecule has 104 valence electrons. The van der Waals surface area contributed by atoms with Gasteiger partial charge in [0.1, 0.15) is 5.82 Å². The second-order valence-corrected chi connectivity index (χ2v) is 4.84. The van der Waals surface area contributed by atoms with Crippen LogP contribution in [0.5, 0.6) is 0 Å². The maximum Gasteiger partial charge on any atom is 0.279 e. The topological polar surface area (TPSA) is 76.9 Å². The molecule has 0 bridgehead atoms. The summed E-state index contributed by atoms with van der Waals surface area (Å²) in [6.07, 6.45) is 0. The van der Waals surface area contributed by atoms with Crippen molar-refractivity contribution >= 4 is 33.4 Å². The minimum Gasteiger partial charge on any atom is -0.318 e. The van der Waals surface area contributed by atoms with Crippen LogP contribution in [0, 0.1) is 12.7 Å². The standard InChI is InChI=1S/C12H10BrFN4O2/c1-6-3-4-9(8(14)5-6)15-12(20)10-11(13)17-18(16-10)7(2)19/h3-5H,1-2H3,(H,15,20). The highest BCUT2D eigenvalue weighted by molar-refractivity contribution is 9.10. The number of amides is 1. The Morgan fingerprint density at radius 1 is 1.35 bits per heavy atom. The molecular formula is C12H10BrFN4O2. The van der Waals surface area contributed by atoms with E-state index in [-0.39, 0.29) is 16.0 Å². The van der Waals surface area contributed by atoms with E-state index in [0.717, 1.165) is 10.4 Å². The van der Waals surface area contributed by atoms with Gasteiger partial charge >= 0.3 is 0 Å². The van der Waals surface area contributed by atoms with Crippen molar-refractivity contribution in [3.05, 3.63) is 39.9 Å². The zero-order chi connectivity index (χ0) is 14.9. The summed E-state index contributed by atoms with van der Waals surface area (Å²) in [6, 6.07) is 4.42. The maximum absolute atomic E-state index is 13.6. The van der Waals surface area contributed by atoms with Crippen LogP contribution >= 0.6 is 15.9 Å². The highest BCUT2D eigenvalue weighted by atomic mass is 79.9. The number of anilines is 1. The van der Waals surface area contributed by atoms with Crippen LogP contribution in [0.3, 0.4) is 0 Å². The Hall–Kier alpha value is -2.09. The average Bonchev–Trinajstić information content (AvgIpc) is 2.75.